The lowest BCUT2D eigenvalue weighted by Gasteiger charge is -2.19. The Morgan fingerprint density at radius 1 is 1.48 bits per heavy atom. The summed E-state index contributed by atoms with van der Waals surface area (Å²) in [6, 6.07) is 1.44. The number of carbonyl (C=O) groups excluding carboxylic acids is 1. The Hall–Kier alpha value is -2.09. The van der Waals surface area contributed by atoms with E-state index >= 15 is 0 Å². The average Bonchev–Trinajstić information content (AvgIpc) is 2.32. The molecule has 1 aromatic rings. The highest BCUT2D eigenvalue weighted by Gasteiger charge is 2.19. The van der Waals surface area contributed by atoms with E-state index in [-0.39, 0.29) is 29.6 Å². The first-order valence-corrected chi connectivity index (χ1v) is 6.58. The first-order valence-electron chi connectivity index (χ1n) is 6.20. The van der Waals surface area contributed by atoms with E-state index in [0.29, 0.717) is 0 Å². The lowest BCUT2D eigenvalue weighted by molar-refractivity contribution is -0.384. The van der Waals surface area contributed by atoms with E-state index in [2.05, 4.69) is 15.6 Å². The molecule has 0 aliphatic rings. The van der Waals surface area contributed by atoms with E-state index in [1.54, 1.807) is 20.8 Å². The van der Waals surface area contributed by atoms with Gasteiger partial charge in [0.25, 0.3) is 0 Å². The number of pyridine rings is 1. The molecular formula is C12H17ClN4O4. The summed E-state index contributed by atoms with van der Waals surface area (Å²) < 4.78 is 5.05. The Morgan fingerprint density at radius 2 is 2.14 bits per heavy atom. The Kier molecular flexibility index (Phi) is 5.71. The zero-order valence-corrected chi connectivity index (χ0v) is 12.7. The van der Waals surface area contributed by atoms with Crippen LogP contribution in [0.3, 0.4) is 0 Å². The summed E-state index contributed by atoms with van der Waals surface area (Å²) in [5.41, 5.74) is -0.628. The predicted octanol–water partition coefficient (Wildman–Crippen LogP) is 2.58. The van der Waals surface area contributed by atoms with Crippen molar-refractivity contribution in [2.45, 2.75) is 26.4 Å². The molecule has 2 N–H and O–H groups in total. The van der Waals surface area contributed by atoms with Crippen LogP contribution in [0, 0.1) is 10.1 Å². The molecule has 0 aromatic carbocycles. The molecule has 1 rings (SSSR count). The third kappa shape index (κ3) is 5.82. The summed E-state index contributed by atoms with van der Waals surface area (Å²) in [5.74, 6) is 0. The van der Waals surface area contributed by atoms with Crippen molar-refractivity contribution < 1.29 is 14.5 Å². The third-order valence-corrected chi connectivity index (χ3v) is 2.45. The molecule has 0 aliphatic carbocycles. The van der Waals surface area contributed by atoms with Gasteiger partial charge in [0, 0.05) is 19.3 Å². The van der Waals surface area contributed by atoms with Crippen LogP contribution in [0.25, 0.3) is 0 Å². The van der Waals surface area contributed by atoms with Gasteiger partial charge in [-0.2, -0.15) is 0 Å². The van der Waals surface area contributed by atoms with E-state index in [1.165, 1.54) is 12.3 Å². The molecule has 0 spiro atoms. The van der Waals surface area contributed by atoms with Gasteiger partial charge >= 0.3 is 11.8 Å². The van der Waals surface area contributed by atoms with Gasteiger partial charge in [0.1, 0.15) is 11.3 Å². The molecule has 1 aromatic heterocycles. The average molecular weight is 317 g/mol. The van der Waals surface area contributed by atoms with Crippen LogP contribution in [-0.4, -0.2) is 34.7 Å². The maximum absolute atomic E-state index is 11.4. The van der Waals surface area contributed by atoms with Crippen LogP contribution in [0.15, 0.2) is 12.3 Å². The molecule has 0 atom stereocenters. The molecule has 1 heterocycles. The maximum Gasteiger partial charge on any atom is 0.407 e. The van der Waals surface area contributed by atoms with Crippen LogP contribution in [0.5, 0.6) is 0 Å². The first kappa shape index (κ1) is 17.0. The highest BCUT2D eigenvalue weighted by molar-refractivity contribution is 6.32. The first-order chi connectivity index (χ1) is 9.70. The van der Waals surface area contributed by atoms with Gasteiger partial charge in [-0.05, 0) is 26.8 Å². The van der Waals surface area contributed by atoms with Gasteiger partial charge in [0.05, 0.1) is 4.92 Å². The van der Waals surface area contributed by atoms with Crippen LogP contribution < -0.4 is 10.6 Å². The van der Waals surface area contributed by atoms with Gasteiger partial charge in [-0.25, -0.2) is 9.78 Å². The predicted molar refractivity (Wildman–Crippen MR) is 78.6 cm³/mol. The molecule has 0 radical (unpaired) electrons. The van der Waals surface area contributed by atoms with Crippen LogP contribution >= 0.6 is 11.6 Å². The minimum atomic E-state index is -0.612. The Labute approximate surface area is 127 Å². The molecule has 0 bridgehead atoms. The van der Waals surface area contributed by atoms with E-state index in [1.807, 2.05) is 0 Å². The van der Waals surface area contributed by atoms with Crippen molar-refractivity contribution in [3.8, 4) is 0 Å². The van der Waals surface area contributed by atoms with Gasteiger partial charge in [-0.3, -0.25) is 10.1 Å². The number of hydrogen-bond donors (Lipinski definition) is 2. The molecule has 0 fully saturated rings. The fourth-order valence-electron chi connectivity index (χ4n) is 1.42. The third-order valence-electron chi connectivity index (χ3n) is 2.17. The Bertz CT molecular complexity index is 530. The van der Waals surface area contributed by atoms with E-state index in [4.69, 9.17) is 16.3 Å². The number of nitrogens with zero attached hydrogens (tertiary/aromatic N) is 2. The summed E-state index contributed by atoms with van der Waals surface area (Å²) in [5, 5.41) is 16.0. The van der Waals surface area contributed by atoms with Crippen molar-refractivity contribution in [3.05, 3.63) is 27.5 Å². The number of ether oxygens (including phenoxy) is 1. The molecule has 21 heavy (non-hydrogen) atoms. The number of amides is 1. The number of aromatic nitrogens is 1. The van der Waals surface area contributed by atoms with E-state index in [9.17, 15) is 14.9 Å². The van der Waals surface area contributed by atoms with E-state index in [0.717, 1.165) is 0 Å². The molecule has 116 valence electrons. The number of nitrogens with one attached hydrogen (secondary N) is 2. The van der Waals surface area contributed by atoms with Crippen LogP contribution in [0.4, 0.5) is 16.2 Å². The smallest absolute Gasteiger partial charge is 0.407 e. The summed E-state index contributed by atoms with van der Waals surface area (Å²) in [4.78, 5) is 25.3. The number of hydrogen-bond acceptors (Lipinski definition) is 6. The molecule has 8 nitrogen and oxygen atoms in total. The van der Waals surface area contributed by atoms with Crippen molar-refractivity contribution in [2.24, 2.45) is 0 Å². The zero-order valence-electron chi connectivity index (χ0n) is 12.0. The van der Waals surface area contributed by atoms with Crippen LogP contribution in [0.2, 0.25) is 5.15 Å². The number of alkyl carbamates (subject to hydrolysis) is 1. The van der Waals surface area contributed by atoms with Crippen molar-refractivity contribution in [3.63, 3.8) is 0 Å². The minimum Gasteiger partial charge on any atom is -0.444 e. The molecule has 1 amide bonds. The van der Waals surface area contributed by atoms with Gasteiger partial charge < -0.3 is 15.4 Å². The Balaban J connectivity index is 2.49. The van der Waals surface area contributed by atoms with Gasteiger partial charge in [0.2, 0.25) is 5.15 Å². The summed E-state index contributed by atoms with van der Waals surface area (Å²) >= 11 is 5.68. The molecule has 0 saturated carbocycles. The quantitative estimate of drug-likeness (QED) is 0.374. The van der Waals surface area contributed by atoms with Crippen molar-refractivity contribution in [1.82, 2.24) is 10.3 Å². The second-order valence-electron chi connectivity index (χ2n) is 5.11. The van der Waals surface area contributed by atoms with Gasteiger partial charge in [0.15, 0.2) is 0 Å². The van der Waals surface area contributed by atoms with Gasteiger partial charge in [-0.1, -0.05) is 11.6 Å². The van der Waals surface area contributed by atoms with Crippen LogP contribution in [-0.2, 0) is 4.74 Å². The fraction of sp³-hybridized carbons (Fsp3) is 0.500. The van der Waals surface area contributed by atoms with Crippen molar-refractivity contribution in [1.29, 1.82) is 0 Å². The molecule has 0 saturated heterocycles. The molecule has 9 heteroatoms. The summed E-state index contributed by atoms with van der Waals surface area (Å²) in [6.45, 7) is 5.79. The lowest BCUT2D eigenvalue weighted by Crippen LogP contribution is -2.35. The molecule has 0 aliphatic heterocycles. The monoisotopic (exact) mass is 316 g/mol. The van der Waals surface area contributed by atoms with E-state index < -0.39 is 16.6 Å². The summed E-state index contributed by atoms with van der Waals surface area (Å²) in [6.07, 6.45) is 0.811. The van der Waals surface area contributed by atoms with Crippen molar-refractivity contribution in [2.75, 3.05) is 18.4 Å². The Morgan fingerprint density at radius 3 is 2.71 bits per heavy atom. The number of nitro groups is 1. The fourth-order valence-corrected chi connectivity index (χ4v) is 1.65. The van der Waals surface area contributed by atoms with Gasteiger partial charge in [-0.15, -0.1) is 0 Å². The molecular weight excluding hydrogens is 300 g/mol. The maximum atomic E-state index is 11.4. The highest BCUT2D eigenvalue weighted by atomic mass is 35.5. The highest BCUT2D eigenvalue weighted by Crippen LogP contribution is 2.29. The number of halogens is 1. The van der Waals surface area contributed by atoms with Crippen molar-refractivity contribution >= 4 is 29.1 Å². The second kappa shape index (κ2) is 7.07. The molecule has 0 unspecified atom stereocenters. The summed E-state index contributed by atoms with van der Waals surface area (Å²) in [7, 11) is 0. The number of anilines is 1. The number of carbonyl (C=O) groups is 1. The van der Waals surface area contributed by atoms with Crippen LogP contribution in [0.1, 0.15) is 20.8 Å². The lowest BCUT2D eigenvalue weighted by atomic mass is 10.2. The normalized spacial score (nSPS) is 10.9. The minimum absolute atomic E-state index is 0.190. The number of rotatable bonds is 5. The zero-order chi connectivity index (χ0) is 16.0. The topological polar surface area (TPSA) is 106 Å². The second-order valence-corrected chi connectivity index (χ2v) is 5.47. The SMILES string of the molecule is CC(C)(C)OC(=O)NCCNc1ccnc(Cl)c1[N+](=O)[O-]. The largest absolute Gasteiger partial charge is 0.444 e. The standard InChI is InChI=1S/C12H17ClN4O4/c1-12(2,3)21-11(18)16-7-6-14-8-4-5-15-10(13)9(8)17(19)20/h4-5H,6-7H2,1-3H3,(H,14,15)(H,16,18).